The molecule has 4 aromatic rings. The average molecular weight is 1050 g/mol. The number of nitrogens with one attached hydrogen (secondary N) is 3. The first-order valence-electron chi connectivity index (χ1n) is 25.0. The molecule has 4 amide bonds. The van der Waals surface area contributed by atoms with Crippen LogP contribution in [-0.2, 0) is 25.7 Å². The fourth-order valence-electron chi connectivity index (χ4n) is 10.3. The molecule has 18 heteroatoms. The van der Waals surface area contributed by atoms with E-state index in [1.165, 1.54) is 16.2 Å². The predicted octanol–water partition coefficient (Wildman–Crippen LogP) is 8.85. The summed E-state index contributed by atoms with van der Waals surface area (Å²) in [5.41, 5.74) is -0.558. The molecule has 1 aliphatic carbocycles. The summed E-state index contributed by atoms with van der Waals surface area (Å²) in [4.78, 5) is 76.1. The Kier molecular flexibility index (Phi) is 17.6. The lowest BCUT2D eigenvalue weighted by atomic mass is 9.49. The summed E-state index contributed by atoms with van der Waals surface area (Å²) < 4.78 is 18.1. The summed E-state index contributed by atoms with van der Waals surface area (Å²) in [6, 6.07) is 19.7. The topological polar surface area (TPSA) is 213 Å². The molecule has 3 aromatic carbocycles. The Balaban J connectivity index is 0.991. The Morgan fingerprint density at radius 3 is 2.27 bits per heavy atom. The van der Waals surface area contributed by atoms with Gasteiger partial charge in [0.05, 0.1) is 27.6 Å². The minimum Gasteiger partial charge on any atom is -0.494 e. The zero-order valence-electron chi connectivity index (χ0n) is 44.5. The summed E-state index contributed by atoms with van der Waals surface area (Å²) in [6.45, 7) is 21.0. The van der Waals surface area contributed by atoms with Crippen LogP contribution in [0.2, 0.25) is 5.02 Å². The Morgan fingerprint density at radius 2 is 1.66 bits per heavy atom. The number of carbonyl (C=O) groups is 5. The number of benzene rings is 3. The van der Waals surface area contributed by atoms with Gasteiger partial charge >= 0.3 is 6.09 Å². The van der Waals surface area contributed by atoms with E-state index in [0.29, 0.717) is 59.8 Å². The zero-order chi connectivity index (χ0) is 54.4. The van der Waals surface area contributed by atoms with Crippen molar-refractivity contribution in [2.45, 2.75) is 137 Å². The maximum Gasteiger partial charge on any atom is 0.410 e. The van der Waals surface area contributed by atoms with Gasteiger partial charge in [-0.05, 0) is 113 Å². The van der Waals surface area contributed by atoms with Crippen molar-refractivity contribution < 1.29 is 43.3 Å². The molecule has 1 aliphatic heterocycles. The molecule has 1 saturated carbocycles. The third kappa shape index (κ3) is 13.1. The maximum absolute atomic E-state index is 14.0. The monoisotopic (exact) mass is 1050 g/mol. The van der Waals surface area contributed by atoms with E-state index in [1.54, 1.807) is 101 Å². The van der Waals surface area contributed by atoms with Gasteiger partial charge in [0.2, 0.25) is 5.91 Å². The molecular formula is C56H72ClN7O9S. The summed E-state index contributed by atoms with van der Waals surface area (Å²) >= 11 is 7.77. The molecular weight excluding hydrogens is 982 g/mol. The maximum atomic E-state index is 14.0. The van der Waals surface area contributed by atoms with Crippen LogP contribution in [0, 0.1) is 34.5 Å². The molecule has 398 valence electrons. The fraction of sp³-hybridized carbons (Fsp3) is 0.518. The number of aldehydes is 1. The molecule has 0 spiro atoms. The molecule has 74 heavy (non-hydrogen) atoms. The number of rotatable bonds is 20. The van der Waals surface area contributed by atoms with Crippen molar-refractivity contribution >= 4 is 53.0 Å². The highest BCUT2D eigenvalue weighted by Crippen LogP contribution is 2.55. The van der Waals surface area contributed by atoms with Crippen molar-refractivity contribution in [3.05, 3.63) is 99.6 Å². The van der Waals surface area contributed by atoms with E-state index >= 15 is 0 Å². The van der Waals surface area contributed by atoms with Gasteiger partial charge in [0.25, 0.3) is 11.8 Å². The third-order valence-electron chi connectivity index (χ3n) is 14.1. The van der Waals surface area contributed by atoms with Gasteiger partial charge in [0, 0.05) is 66.3 Å². The number of hydrogen-bond donors (Lipinski definition) is 4. The molecule has 1 aromatic heterocycles. The minimum absolute atomic E-state index is 0.0204. The average Bonchev–Trinajstić information content (AvgIpc) is 4.02. The molecule has 16 nitrogen and oxygen atoms in total. The first kappa shape index (κ1) is 57.2. The van der Waals surface area contributed by atoms with Crippen molar-refractivity contribution in [1.29, 1.82) is 5.26 Å². The lowest BCUT2D eigenvalue weighted by Gasteiger charge is -2.63. The van der Waals surface area contributed by atoms with Crippen LogP contribution in [-0.4, -0.2) is 112 Å². The number of thiazole rings is 1. The number of aromatic nitrogens is 1. The second-order valence-corrected chi connectivity index (χ2v) is 24.0. The molecule has 4 N–H and O–H groups in total. The van der Waals surface area contributed by atoms with Gasteiger partial charge in [-0.3, -0.25) is 34.0 Å². The van der Waals surface area contributed by atoms with E-state index in [0.717, 1.165) is 21.6 Å². The van der Waals surface area contributed by atoms with Crippen LogP contribution in [0.1, 0.15) is 122 Å². The van der Waals surface area contributed by atoms with E-state index in [1.807, 2.05) is 52.8 Å². The van der Waals surface area contributed by atoms with Gasteiger partial charge in [-0.25, -0.2) is 4.79 Å². The van der Waals surface area contributed by atoms with E-state index in [2.05, 4.69) is 27.0 Å². The number of unbranched alkanes of at least 4 members (excludes halogenated alkanes) is 2. The number of carbonyl (C=O) groups excluding carboxylic acids is 5. The van der Waals surface area contributed by atoms with Crippen molar-refractivity contribution in [1.82, 2.24) is 30.7 Å². The Bertz CT molecular complexity index is 2700. The second kappa shape index (κ2) is 22.8. The first-order chi connectivity index (χ1) is 34.6. The number of amides is 4. The van der Waals surface area contributed by atoms with Gasteiger partial charge in [0.1, 0.15) is 35.8 Å². The fourth-order valence-corrected chi connectivity index (χ4v) is 11.2. The van der Waals surface area contributed by atoms with Gasteiger partial charge in [-0.15, -0.1) is 11.3 Å². The molecule has 2 heterocycles. The zero-order valence-corrected chi connectivity index (χ0v) is 46.1. The van der Waals surface area contributed by atoms with E-state index in [9.17, 15) is 34.3 Å². The number of nitriles is 1. The van der Waals surface area contributed by atoms with Crippen LogP contribution in [0.5, 0.6) is 11.5 Å². The number of halogens is 1. The summed E-state index contributed by atoms with van der Waals surface area (Å²) in [6.07, 6.45) is 3.31. The van der Waals surface area contributed by atoms with Gasteiger partial charge in [0.15, 0.2) is 17.6 Å². The van der Waals surface area contributed by atoms with Crippen molar-refractivity contribution in [2.24, 2.45) is 16.2 Å². The third-order valence-corrected chi connectivity index (χ3v) is 15.3. The first-order valence-corrected chi connectivity index (χ1v) is 26.3. The lowest BCUT2D eigenvalue weighted by Crippen LogP contribution is -2.74. The Hall–Kier alpha value is -6.06. The normalized spacial score (nSPS) is 19.9. The van der Waals surface area contributed by atoms with E-state index in [-0.39, 0.29) is 50.7 Å². The molecule has 0 unspecified atom stereocenters. The molecule has 6 rings (SSSR count). The molecule has 2 atom stereocenters. The standard InChI is InChI=1S/C56H72ClN7O9S/c1-36-15-16-37(27-42(36)44-31-59-35-74-44)30-60-49(68)55(70)23-25-64(33-55)56(34-65,51(2,3)4)62-45(66)32-63(50(69)73-52(5,6)7)24-13-12-14-26-71-40-20-17-38(18-21-40)46(67)61-47-53(8,9)48(54(47,10)11)72-41-22-19-39(29-58)43(57)28-41/h15-22,27-28,31,34-35,47-48,70H,12-14,23-26,30,32-33H2,1-11H3,(H,60,68)(H,61,67)(H,62,66)/t47?,48?,55-,56-/m1/s1. The number of ether oxygens (including phenoxy) is 3. The highest BCUT2D eigenvalue weighted by Gasteiger charge is 2.64. The second-order valence-electron chi connectivity index (χ2n) is 22.7. The largest absolute Gasteiger partial charge is 0.494 e. The van der Waals surface area contributed by atoms with E-state index < -0.39 is 57.6 Å². The van der Waals surface area contributed by atoms with Gasteiger partial charge < -0.3 is 35.3 Å². The lowest BCUT2D eigenvalue weighted by molar-refractivity contribution is -0.164. The molecule has 0 bridgehead atoms. The van der Waals surface area contributed by atoms with Crippen LogP contribution in [0.3, 0.4) is 0 Å². The Labute approximate surface area is 444 Å². The molecule has 2 fully saturated rings. The molecule has 0 radical (unpaired) electrons. The van der Waals surface area contributed by atoms with Crippen LogP contribution in [0.4, 0.5) is 4.79 Å². The number of β-amino-alcohol motifs (C(OH)–C–C–N with tert-alkyl or cyclic N) is 1. The van der Waals surface area contributed by atoms with E-state index in [4.69, 9.17) is 25.8 Å². The highest BCUT2D eigenvalue weighted by molar-refractivity contribution is 7.13. The Morgan fingerprint density at radius 1 is 0.973 bits per heavy atom. The number of nitrogens with zero attached hydrogens (tertiary/aromatic N) is 4. The number of aryl methyl sites for hydroxylation is 1. The van der Waals surface area contributed by atoms with Crippen LogP contribution < -0.4 is 25.4 Å². The van der Waals surface area contributed by atoms with Gasteiger partial charge in [-0.1, -0.05) is 72.2 Å². The summed E-state index contributed by atoms with van der Waals surface area (Å²) in [5.74, 6) is -0.279. The number of hydrogen-bond acceptors (Lipinski definition) is 13. The molecule has 1 saturated heterocycles. The van der Waals surface area contributed by atoms with Crippen LogP contribution in [0.25, 0.3) is 10.4 Å². The van der Waals surface area contributed by atoms with Crippen molar-refractivity contribution in [3.63, 3.8) is 0 Å². The predicted molar refractivity (Wildman–Crippen MR) is 285 cm³/mol. The molecule has 2 aliphatic rings. The smallest absolute Gasteiger partial charge is 0.410 e. The van der Waals surface area contributed by atoms with Crippen molar-refractivity contribution in [3.8, 4) is 28.0 Å². The van der Waals surface area contributed by atoms with Crippen molar-refractivity contribution in [2.75, 3.05) is 32.8 Å². The number of likely N-dealkylation sites (tertiary alicyclic amines) is 1. The summed E-state index contributed by atoms with van der Waals surface area (Å²) in [7, 11) is 0. The van der Waals surface area contributed by atoms with Crippen LogP contribution >= 0.6 is 22.9 Å². The summed E-state index contributed by atoms with van der Waals surface area (Å²) in [5, 5.41) is 30.3. The quantitative estimate of drug-likeness (QED) is 0.0483. The van der Waals surface area contributed by atoms with Gasteiger partial charge in [-0.2, -0.15) is 5.26 Å². The minimum atomic E-state index is -1.85. The SMILES string of the molecule is Cc1ccc(CNC(=O)[C@@]2(O)CCN([C@@](C=O)(NC(=O)CN(CCCCCOc3ccc(C(=O)NC4C(C)(C)C(Oc5ccc(C#N)c(Cl)c5)C4(C)C)cc3)C(=O)OC(C)(C)C)C(C)(C)C)C2)cc1-c1cncs1. The van der Waals surface area contributed by atoms with Crippen LogP contribution in [0.15, 0.2) is 72.4 Å². The highest BCUT2D eigenvalue weighted by atomic mass is 35.5. The number of aliphatic hydroxyl groups is 1.